The van der Waals surface area contributed by atoms with E-state index >= 15 is 0 Å². The number of amides is 1. The van der Waals surface area contributed by atoms with Gasteiger partial charge in [0.15, 0.2) is 23.0 Å². The van der Waals surface area contributed by atoms with Crippen LogP contribution in [-0.4, -0.2) is 24.6 Å². The third-order valence-electron chi connectivity index (χ3n) is 4.57. The van der Waals surface area contributed by atoms with Gasteiger partial charge in [-0.15, -0.1) is 0 Å². The molecule has 3 aromatic rings. The fraction of sp³-hybridized carbons (Fsp3) is 0.217. The first-order valence-corrected chi connectivity index (χ1v) is 9.47. The number of oxazole rings is 1. The molecule has 0 bridgehead atoms. The van der Waals surface area contributed by atoms with Crippen LogP contribution in [0.4, 0.5) is 5.69 Å². The van der Waals surface area contributed by atoms with E-state index in [0.29, 0.717) is 29.7 Å². The highest BCUT2D eigenvalue weighted by Crippen LogP contribution is 2.40. The van der Waals surface area contributed by atoms with Crippen LogP contribution in [0, 0.1) is 0 Å². The monoisotopic (exact) mass is 390 g/mol. The topological polar surface area (TPSA) is 73.6 Å². The Balaban J connectivity index is 1.42. The van der Waals surface area contributed by atoms with Gasteiger partial charge < -0.3 is 19.2 Å². The van der Waals surface area contributed by atoms with Gasteiger partial charge in [-0.2, -0.15) is 0 Å². The van der Waals surface area contributed by atoms with Crippen LogP contribution in [0.2, 0.25) is 0 Å². The van der Waals surface area contributed by atoms with Gasteiger partial charge in [0.05, 0.1) is 7.11 Å². The number of nitrogens with zero attached hydrogens (tertiary/aromatic N) is 1. The number of rotatable bonds is 8. The molecule has 0 spiro atoms. The van der Waals surface area contributed by atoms with Crippen molar-refractivity contribution in [2.45, 2.75) is 18.8 Å². The third-order valence-corrected chi connectivity index (χ3v) is 4.57. The molecule has 0 aliphatic heterocycles. The summed E-state index contributed by atoms with van der Waals surface area (Å²) in [6, 6.07) is 10.9. The fourth-order valence-corrected chi connectivity index (χ4v) is 2.94. The zero-order chi connectivity index (χ0) is 20.2. The molecule has 1 amide bonds. The van der Waals surface area contributed by atoms with Crippen molar-refractivity contribution in [3.8, 4) is 11.5 Å². The van der Waals surface area contributed by atoms with E-state index in [4.69, 9.17) is 13.9 Å². The highest BCUT2D eigenvalue weighted by atomic mass is 16.5. The fourth-order valence-electron chi connectivity index (χ4n) is 2.94. The van der Waals surface area contributed by atoms with Crippen LogP contribution >= 0.6 is 0 Å². The van der Waals surface area contributed by atoms with Gasteiger partial charge in [-0.25, -0.2) is 4.98 Å². The zero-order valence-electron chi connectivity index (χ0n) is 16.2. The average molecular weight is 390 g/mol. The summed E-state index contributed by atoms with van der Waals surface area (Å²) in [6.45, 7) is 4.02. The number of nitrogens with one attached hydrogen (secondary N) is 1. The standard InChI is InChI=1S/C23H22N2O4/c1-3-12-28-20-9-4-15(13-21(20)27-2)5-11-22(26)24-17-8-10-19-18(14-17)25-23(29-19)16-6-7-16/h3-5,8-11,13-14,16H,1,6-7,12H2,2H3,(H,24,26)/b11-5+. The summed E-state index contributed by atoms with van der Waals surface area (Å²) in [6.07, 6.45) is 7.12. The number of anilines is 1. The molecule has 6 nitrogen and oxygen atoms in total. The second kappa shape index (κ2) is 8.22. The Bertz CT molecular complexity index is 1080. The quantitative estimate of drug-likeness (QED) is 0.436. The number of benzene rings is 2. The van der Waals surface area contributed by atoms with Crippen molar-refractivity contribution in [1.29, 1.82) is 0 Å². The van der Waals surface area contributed by atoms with Crippen molar-refractivity contribution >= 4 is 28.8 Å². The Morgan fingerprint density at radius 1 is 1.28 bits per heavy atom. The summed E-state index contributed by atoms with van der Waals surface area (Å²) in [5.41, 5.74) is 3.00. The van der Waals surface area contributed by atoms with Crippen molar-refractivity contribution in [1.82, 2.24) is 4.98 Å². The Kier molecular flexibility index (Phi) is 5.33. The molecule has 1 N–H and O–H groups in total. The van der Waals surface area contributed by atoms with Gasteiger partial charge in [-0.1, -0.05) is 18.7 Å². The normalized spacial score (nSPS) is 13.6. The number of aromatic nitrogens is 1. The van der Waals surface area contributed by atoms with Crippen LogP contribution < -0.4 is 14.8 Å². The second-order valence-corrected chi connectivity index (χ2v) is 6.84. The first-order valence-electron chi connectivity index (χ1n) is 9.47. The molecule has 1 saturated carbocycles. The lowest BCUT2D eigenvalue weighted by molar-refractivity contribution is -0.111. The molecule has 6 heteroatoms. The summed E-state index contributed by atoms with van der Waals surface area (Å²) in [5, 5.41) is 2.85. The average Bonchev–Trinajstić information content (AvgIpc) is 3.50. The summed E-state index contributed by atoms with van der Waals surface area (Å²) in [4.78, 5) is 16.8. The van der Waals surface area contributed by atoms with Gasteiger partial charge in [0.1, 0.15) is 12.1 Å². The number of ether oxygens (including phenoxy) is 2. The summed E-state index contributed by atoms with van der Waals surface area (Å²) in [5.74, 6) is 2.23. The molecule has 1 heterocycles. The molecule has 0 radical (unpaired) electrons. The van der Waals surface area contributed by atoms with Gasteiger partial charge in [-0.05, 0) is 54.8 Å². The smallest absolute Gasteiger partial charge is 0.248 e. The highest BCUT2D eigenvalue weighted by molar-refractivity contribution is 6.02. The van der Waals surface area contributed by atoms with Gasteiger partial charge in [0.25, 0.3) is 0 Å². The maximum absolute atomic E-state index is 12.3. The van der Waals surface area contributed by atoms with E-state index in [1.54, 1.807) is 25.3 Å². The van der Waals surface area contributed by atoms with Crippen molar-refractivity contribution < 1.29 is 18.7 Å². The van der Waals surface area contributed by atoms with Crippen molar-refractivity contribution in [3.63, 3.8) is 0 Å². The minimum absolute atomic E-state index is 0.235. The van der Waals surface area contributed by atoms with Crippen LogP contribution in [-0.2, 0) is 4.79 Å². The summed E-state index contributed by atoms with van der Waals surface area (Å²) in [7, 11) is 1.57. The largest absolute Gasteiger partial charge is 0.493 e. The molecule has 1 fully saturated rings. The van der Waals surface area contributed by atoms with E-state index in [1.807, 2.05) is 30.3 Å². The van der Waals surface area contributed by atoms with E-state index in [0.717, 1.165) is 35.4 Å². The summed E-state index contributed by atoms with van der Waals surface area (Å²) < 4.78 is 16.6. The molecule has 1 aliphatic rings. The van der Waals surface area contributed by atoms with Crippen molar-refractivity contribution in [3.05, 3.63) is 66.6 Å². The third kappa shape index (κ3) is 4.48. The molecule has 1 aromatic heterocycles. The van der Waals surface area contributed by atoms with E-state index in [9.17, 15) is 4.79 Å². The molecule has 29 heavy (non-hydrogen) atoms. The minimum Gasteiger partial charge on any atom is -0.493 e. The first-order chi connectivity index (χ1) is 14.2. The Hall–Kier alpha value is -3.54. The number of methoxy groups -OCH3 is 1. The van der Waals surface area contributed by atoms with E-state index in [1.165, 1.54) is 6.08 Å². The predicted octanol–water partition coefficient (Wildman–Crippen LogP) is 4.93. The van der Waals surface area contributed by atoms with Gasteiger partial charge in [0.2, 0.25) is 5.91 Å². The maximum Gasteiger partial charge on any atom is 0.248 e. The molecule has 148 valence electrons. The molecule has 1 aliphatic carbocycles. The Labute approximate surface area is 168 Å². The molecule has 0 atom stereocenters. The number of hydrogen-bond acceptors (Lipinski definition) is 5. The Morgan fingerprint density at radius 3 is 2.90 bits per heavy atom. The molecule has 0 saturated heterocycles. The van der Waals surface area contributed by atoms with E-state index < -0.39 is 0 Å². The van der Waals surface area contributed by atoms with Crippen LogP contribution in [0.3, 0.4) is 0 Å². The predicted molar refractivity (Wildman–Crippen MR) is 112 cm³/mol. The van der Waals surface area contributed by atoms with E-state index in [-0.39, 0.29) is 5.91 Å². The summed E-state index contributed by atoms with van der Waals surface area (Å²) >= 11 is 0. The van der Waals surface area contributed by atoms with Crippen molar-refractivity contribution in [2.75, 3.05) is 19.0 Å². The maximum atomic E-state index is 12.3. The molecular formula is C23H22N2O4. The van der Waals surface area contributed by atoms with Gasteiger partial charge in [-0.3, -0.25) is 4.79 Å². The lowest BCUT2D eigenvalue weighted by Gasteiger charge is -2.09. The lowest BCUT2D eigenvalue weighted by Crippen LogP contribution is -2.07. The van der Waals surface area contributed by atoms with E-state index in [2.05, 4.69) is 16.9 Å². The number of carbonyl (C=O) groups excluding carboxylic acids is 1. The Morgan fingerprint density at radius 2 is 2.14 bits per heavy atom. The molecular weight excluding hydrogens is 368 g/mol. The number of fused-ring (bicyclic) bond motifs is 1. The second-order valence-electron chi connectivity index (χ2n) is 6.84. The number of carbonyl (C=O) groups is 1. The van der Waals surface area contributed by atoms with Crippen LogP contribution in [0.1, 0.15) is 30.2 Å². The van der Waals surface area contributed by atoms with Crippen molar-refractivity contribution in [2.24, 2.45) is 0 Å². The molecule has 0 unspecified atom stereocenters. The minimum atomic E-state index is -0.235. The lowest BCUT2D eigenvalue weighted by atomic mass is 10.2. The highest BCUT2D eigenvalue weighted by Gasteiger charge is 2.28. The molecule has 4 rings (SSSR count). The van der Waals surface area contributed by atoms with Crippen LogP contribution in [0.15, 0.2) is 59.5 Å². The number of hydrogen-bond donors (Lipinski definition) is 1. The molecule has 2 aromatic carbocycles. The van der Waals surface area contributed by atoms with Crippen LogP contribution in [0.25, 0.3) is 17.2 Å². The SMILES string of the molecule is C=CCOc1ccc(/C=C/C(=O)Nc2ccc3oc(C4CC4)nc3c2)cc1OC. The zero-order valence-corrected chi connectivity index (χ0v) is 16.2. The van der Waals surface area contributed by atoms with Gasteiger partial charge >= 0.3 is 0 Å². The van der Waals surface area contributed by atoms with Gasteiger partial charge in [0, 0.05) is 17.7 Å². The van der Waals surface area contributed by atoms with Crippen LogP contribution in [0.5, 0.6) is 11.5 Å². The first kappa shape index (κ1) is 18.8.